The summed E-state index contributed by atoms with van der Waals surface area (Å²) in [6.07, 6.45) is 13.2. The number of halogens is 5. The maximum absolute atomic E-state index is 13.3. The fourth-order valence-electron chi connectivity index (χ4n) is 13.9. The first-order chi connectivity index (χ1) is 38.7. The summed E-state index contributed by atoms with van der Waals surface area (Å²) in [5.74, 6) is 0.567. The molecule has 0 amide bonds. The molecule has 440 valence electrons. The van der Waals surface area contributed by atoms with Crippen molar-refractivity contribution < 1.29 is 108 Å². The summed E-state index contributed by atoms with van der Waals surface area (Å²) in [5.41, 5.74) is -0.248. The van der Waals surface area contributed by atoms with Gasteiger partial charge in [0.1, 0.15) is 24.1 Å². The van der Waals surface area contributed by atoms with Crippen molar-refractivity contribution in [2.24, 2.45) is 46.3 Å². The molecule has 8 saturated carbocycles. The Morgan fingerprint density at radius 3 is 0.795 bits per heavy atom. The zero-order valence-corrected chi connectivity index (χ0v) is 51.3. The van der Waals surface area contributed by atoms with E-state index in [4.69, 9.17) is 9.47 Å². The van der Waals surface area contributed by atoms with E-state index < -0.39 is 46.5 Å². The van der Waals surface area contributed by atoms with Crippen molar-refractivity contribution >= 4 is 57.8 Å². The molecular formula is C63H68ClF4NaO10S4. The average Bonchev–Trinajstić information content (AvgIpc) is 3.48. The molecule has 0 aromatic heterocycles. The van der Waals surface area contributed by atoms with Gasteiger partial charge >= 0.3 is 52.0 Å². The van der Waals surface area contributed by atoms with Crippen LogP contribution in [-0.4, -0.2) is 35.7 Å². The molecule has 0 aliphatic heterocycles. The Morgan fingerprint density at radius 1 is 0.422 bits per heavy atom. The summed E-state index contributed by atoms with van der Waals surface area (Å²) in [7, 11) is -0.0293. The summed E-state index contributed by atoms with van der Waals surface area (Å²) >= 11 is -1.28. The normalized spacial score (nSPS) is 24.0. The van der Waals surface area contributed by atoms with Gasteiger partial charge in [-0.05, 0) is 185 Å². The van der Waals surface area contributed by atoms with Crippen LogP contribution in [0.5, 0.6) is 0 Å². The van der Waals surface area contributed by atoms with Crippen LogP contribution in [0.4, 0.5) is 17.6 Å². The van der Waals surface area contributed by atoms with Crippen LogP contribution >= 0.6 is 24.1 Å². The molecule has 8 aliphatic carbocycles. The molecule has 6 aromatic carbocycles. The molecule has 6 aromatic rings. The number of carbonyl (C=O) groups excluding carboxylic acids is 2. The van der Waals surface area contributed by atoms with Crippen LogP contribution in [-0.2, 0) is 59.6 Å². The van der Waals surface area contributed by atoms with Gasteiger partial charge in [0, 0.05) is 10.8 Å². The molecule has 83 heavy (non-hydrogen) atoms. The molecule has 0 spiro atoms. The van der Waals surface area contributed by atoms with Gasteiger partial charge in [0.15, 0.2) is 29.4 Å². The quantitative estimate of drug-likeness (QED) is 0.0155. The first kappa shape index (κ1) is 68.5. The van der Waals surface area contributed by atoms with Gasteiger partial charge in [-0.3, -0.25) is 10.1 Å². The molecule has 0 N–H and O–H groups in total. The minimum absolute atomic E-state index is 0. The molecular weight excluding hydrogens is 1180 g/mol. The Labute approximate surface area is 527 Å². The number of ether oxygens (including phenoxy) is 2. The van der Waals surface area contributed by atoms with Crippen molar-refractivity contribution in [3.8, 4) is 0 Å². The van der Waals surface area contributed by atoms with E-state index in [1.165, 1.54) is 67.9 Å². The zero-order chi connectivity index (χ0) is 56.0. The summed E-state index contributed by atoms with van der Waals surface area (Å²) in [4.78, 5) is 31.0. The Bertz CT molecular complexity index is 2410. The van der Waals surface area contributed by atoms with E-state index >= 15 is 0 Å². The molecule has 10 nitrogen and oxygen atoms in total. The van der Waals surface area contributed by atoms with Crippen molar-refractivity contribution in [3.63, 3.8) is 0 Å². The summed E-state index contributed by atoms with van der Waals surface area (Å²) in [6, 6.07) is 64.3. The predicted octanol–water partition coefficient (Wildman–Crippen LogP) is 8.63. The Hall–Kier alpha value is -3.57. The van der Waals surface area contributed by atoms with Gasteiger partial charge in [0.05, 0.1) is 35.0 Å². The maximum atomic E-state index is 13.3. The molecule has 8 aliphatic rings. The summed E-state index contributed by atoms with van der Waals surface area (Å²) in [6.45, 7) is 0.0629. The number of alkyl halides is 4. The number of hydrogen-bond acceptors (Lipinski definition) is 12. The second-order valence-electron chi connectivity index (χ2n) is 22.0. The molecule has 0 radical (unpaired) electrons. The van der Waals surface area contributed by atoms with Crippen LogP contribution < -0.4 is 52.5 Å². The third-order valence-electron chi connectivity index (χ3n) is 16.0. The van der Waals surface area contributed by atoms with Gasteiger partial charge in [-0.1, -0.05) is 117 Å². The van der Waals surface area contributed by atoms with Crippen molar-refractivity contribution in [3.05, 3.63) is 182 Å². The monoisotopic (exact) mass is 1250 g/mol. The van der Waals surface area contributed by atoms with Crippen LogP contribution in [0.1, 0.15) is 84.5 Å². The number of hydrogen-bond donors (Lipinski definition) is 0. The average molecular weight is 1250 g/mol. The fourth-order valence-corrected chi connectivity index (χ4v) is 18.6. The molecule has 0 saturated heterocycles. The summed E-state index contributed by atoms with van der Waals surface area (Å²) in [5, 5.41) is 16.9. The second kappa shape index (κ2) is 32.4. The van der Waals surface area contributed by atoms with E-state index in [2.05, 4.69) is 201 Å². The molecule has 14 rings (SSSR count). The van der Waals surface area contributed by atoms with Crippen LogP contribution in [0.3, 0.4) is 0 Å². The van der Waals surface area contributed by atoms with Crippen molar-refractivity contribution in [2.75, 3.05) is 13.2 Å². The van der Waals surface area contributed by atoms with Gasteiger partial charge in [0.2, 0.25) is 0 Å². The number of rotatable bonds is 18. The second-order valence-corrected chi connectivity index (χ2v) is 27.6. The first-order valence-corrected chi connectivity index (χ1v) is 30.9. The minimum Gasteiger partial charge on any atom is -1.00 e. The van der Waals surface area contributed by atoms with Crippen molar-refractivity contribution in [1.29, 1.82) is 0 Å². The zero-order valence-electron chi connectivity index (χ0n) is 45.3. The SMILES string of the molecule is C.O=C(OCC12CC3CC(CC(C3)C1)C2)C(F)(F)SOO[O-].O=C(OCC12CC3CC(CC(C3)C1)C2)C(F)(F)SOO[O-].[Cl-].[Na+].c1ccc([S+](c2ccccc2)c2ccccc2)cc1.c1ccc([S+](c2ccccc2)c2ccccc2)cc1. The van der Waals surface area contributed by atoms with E-state index in [0.717, 1.165) is 38.5 Å². The van der Waals surface area contributed by atoms with Gasteiger partial charge in [-0.25, -0.2) is 9.59 Å². The van der Waals surface area contributed by atoms with E-state index in [9.17, 15) is 37.7 Å². The Kier molecular flexibility index (Phi) is 26.8. The topological polar surface area (TPSA) is 136 Å². The van der Waals surface area contributed by atoms with Gasteiger partial charge in [-0.2, -0.15) is 26.2 Å². The maximum Gasteiger partial charge on any atom is 1.00 e. The summed E-state index contributed by atoms with van der Waals surface area (Å²) < 4.78 is 70.0. The third-order valence-corrected chi connectivity index (χ3v) is 21.5. The van der Waals surface area contributed by atoms with E-state index in [0.29, 0.717) is 35.5 Å². The van der Waals surface area contributed by atoms with Crippen molar-refractivity contribution in [2.45, 2.75) is 124 Å². The molecule has 0 unspecified atom stereocenters. The van der Waals surface area contributed by atoms with Gasteiger partial charge in [-0.15, -0.1) is 0 Å². The van der Waals surface area contributed by atoms with Crippen LogP contribution in [0.25, 0.3) is 0 Å². The Balaban J connectivity index is 0.000000176. The van der Waals surface area contributed by atoms with Gasteiger partial charge < -0.3 is 32.4 Å². The molecule has 0 atom stereocenters. The van der Waals surface area contributed by atoms with Crippen LogP contribution in [0, 0.1) is 46.3 Å². The number of esters is 2. The first-order valence-electron chi connectivity index (χ1n) is 26.9. The van der Waals surface area contributed by atoms with Crippen LogP contribution in [0.15, 0.2) is 211 Å². The Morgan fingerprint density at radius 2 is 0.614 bits per heavy atom. The third kappa shape index (κ3) is 18.7. The fraction of sp³-hybridized carbons (Fsp3) is 0.397. The number of carbonyl (C=O) groups is 2. The largest absolute Gasteiger partial charge is 1.00 e. The van der Waals surface area contributed by atoms with Gasteiger partial charge in [0.25, 0.3) is 0 Å². The molecule has 8 bridgehead atoms. The van der Waals surface area contributed by atoms with E-state index in [-0.39, 0.29) is 95.2 Å². The number of benzene rings is 6. The predicted molar refractivity (Wildman–Crippen MR) is 302 cm³/mol. The molecule has 8 fully saturated rings. The van der Waals surface area contributed by atoms with Crippen molar-refractivity contribution in [1.82, 2.24) is 0 Å². The van der Waals surface area contributed by atoms with E-state index in [1.54, 1.807) is 0 Å². The minimum atomic E-state index is -3.94. The van der Waals surface area contributed by atoms with E-state index in [1.807, 2.05) is 0 Å². The molecule has 20 heteroatoms. The standard InChI is InChI=1S/2C18H15S.2C13H18F2O5S.CH4.ClH.Na/c2*1-4-10-16(11-5-1)19(17-12-6-2-7-13-17)18-14-8-3-9-15-18;2*14-13(15,21-20-19-17)11(16)18-7-12-4-8-1-9(5-12)3-10(2-8)6-12;;;/h2*1-15H;2*8-10,17H,1-7H2;1H4;1H;/q2*+1;;;;;+1/p-3. The van der Waals surface area contributed by atoms with Crippen LogP contribution in [0.2, 0.25) is 0 Å². The molecule has 0 heterocycles. The smallest absolute Gasteiger partial charge is 1.00 e.